The van der Waals surface area contributed by atoms with Crippen molar-refractivity contribution in [2.45, 2.75) is 32.7 Å². The number of carbonyl (C=O) groups is 2. The van der Waals surface area contributed by atoms with Crippen molar-refractivity contribution in [1.29, 1.82) is 0 Å². The molecule has 0 atom stereocenters. The molecule has 0 spiro atoms. The number of anilines is 3. The average molecular weight is 385 g/mol. The highest BCUT2D eigenvalue weighted by atomic mass is 32.1. The fraction of sp³-hybridized carbons (Fsp3) is 0.400. The quantitative estimate of drug-likeness (QED) is 0.784. The van der Waals surface area contributed by atoms with E-state index >= 15 is 0 Å². The summed E-state index contributed by atoms with van der Waals surface area (Å²) in [6.45, 7) is 5.85. The van der Waals surface area contributed by atoms with Gasteiger partial charge in [-0.25, -0.2) is 4.79 Å². The van der Waals surface area contributed by atoms with Crippen LogP contribution in [0.5, 0.6) is 0 Å². The molecule has 1 aromatic heterocycles. The highest BCUT2D eigenvalue weighted by Crippen LogP contribution is 2.44. The first kappa shape index (κ1) is 18.0. The van der Waals surface area contributed by atoms with Gasteiger partial charge in [0, 0.05) is 15.8 Å². The molecule has 142 valence electrons. The van der Waals surface area contributed by atoms with E-state index in [1.165, 1.54) is 0 Å². The minimum Gasteiger partial charge on any atom is -0.335 e. The van der Waals surface area contributed by atoms with Crippen LogP contribution in [0.3, 0.4) is 0 Å². The Morgan fingerprint density at radius 3 is 2.63 bits per heavy atom. The monoisotopic (exact) mass is 384 g/mol. The number of fused-ring (bicyclic) bond motifs is 2. The molecule has 27 heavy (non-hydrogen) atoms. The van der Waals surface area contributed by atoms with E-state index in [9.17, 15) is 9.59 Å². The molecule has 0 unspecified atom stereocenters. The number of likely N-dealkylation sites (tertiary alicyclic amines) is 1. The SMILES string of the molecule is Cc1sc(C)c2c1C(=O)Nc1ccccc1N2C(=O)NC1CCN(C)CC1. The fourth-order valence-corrected chi connectivity index (χ4v) is 4.93. The Morgan fingerprint density at radius 2 is 1.89 bits per heavy atom. The second-order valence-corrected chi connectivity index (χ2v) is 8.70. The van der Waals surface area contributed by atoms with Gasteiger partial charge in [-0.15, -0.1) is 11.3 Å². The molecule has 1 aromatic carbocycles. The smallest absolute Gasteiger partial charge is 0.326 e. The van der Waals surface area contributed by atoms with E-state index in [1.807, 2.05) is 38.1 Å². The summed E-state index contributed by atoms with van der Waals surface area (Å²) in [6.07, 6.45) is 1.87. The van der Waals surface area contributed by atoms with Gasteiger partial charge in [-0.1, -0.05) is 12.1 Å². The van der Waals surface area contributed by atoms with E-state index in [4.69, 9.17) is 0 Å². The molecule has 1 fully saturated rings. The van der Waals surface area contributed by atoms with Crippen molar-refractivity contribution in [2.24, 2.45) is 0 Å². The van der Waals surface area contributed by atoms with Gasteiger partial charge in [0.2, 0.25) is 0 Å². The molecule has 6 nitrogen and oxygen atoms in total. The van der Waals surface area contributed by atoms with Crippen molar-refractivity contribution >= 4 is 40.3 Å². The molecule has 4 rings (SSSR count). The van der Waals surface area contributed by atoms with Gasteiger partial charge < -0.3 is 15.5 Å². The van der Waals surface area contributed by atoms with E-state index in [0.717, 1.165) is 35.7 Å². The number of rotatable bonds is 1. The summed E-state index contributed by atoms with van der Waals surface area (Å²) in [5.74, 6) is -0.158. The number of amides is 3. The zero-order valence-corrected chi connectivity index (χ0v) is 16.7. The standard InChI is InChI=1S/C20H24N4O2S/c1-12-17-18(13(2)27-12)24(16-7-5-4-6-15(16)22-19(17)25)20(26)21-14-8-10-23(3)11-9-14/h4-7,14H,8-11H2,1-3H3,(H,21,26)(H,22,25). The van der Waals surface area contributed by atoms with Gasteiger partial charge in [-0.3, -0.25) is 9.69 Å². The van der Waals surface area contributed by atoms with E-state index in [0.29, 0.717) is 22.6 Å². The summed E-state index contributed by atoms with van der Waals surface area (Å²) in [6, 6.07) is 7.45. The van der Waals surface area contributed by atoms with Gasteiger partial charge in [0.05, 0.1) is 22.6 Å². The number of nitrogens with zero attached hydrogens (tertiary/aromatic N) is 2. The number of piperidine rings is 1. The summed E-state index contributed by atoms with van der Waals surface area (Å²) in [7, 11) is 2.10. The molecule has 2 N–H and O–H groups in total. The fourth-order valence-electron chi connectivity index (χ4n) is 3.89. The molecular weight excluding hydrogens is 360 g/mol. The lowest BCUT2D eigenvalue weighted by molar-refractivity contribution is 0.102. The molecule has 2 aromatic rings. The van der Waals surface area contributed by atoms with Crippen LogP contribution in [0.15, 0.2) is 24.3 Å². The zero-order valence-electron chi connectivity index (χ0n) is 15.8. The van der Waals surface area contributed by atoms with Gasteiger partial charge in [0.1, 0.15) is 0 Å². The number of urea groups is 1. The van der Waals surface area contributed by atoms with Gasteiger partial charge in [0.25, 0.3) is 5.91 Å². The number of thiophene rings is 1. The Hall–Kier alpha value is -2.38. The predicted molar refractivity (Wildman–Crippen MR) is 109 cm³/mol. The second-order valence-electron chi connectivity index (χ2n) is 7.27. The van der Waals surface area contributed by atoms with Crippen LogP contribution in [0.1, 0.15) is 33.0 Å². The van der Waals surface area contributed by atoms with E-state index in [1.54, 1.807) is 16.2 Å². The second kappa shape index (κ2) is 6.98. The molecule has 2 aliphatic heterocycles. The summed E-state index contributed by atoms with van der Waals surface area (Å²) in [4.78, 5) is 32.0. The van der Waals surface area contributed by atoms with Crippen molar-refractivity contribution < 1.29 is 9.59 Å². The first-order valence-electron chi connectivity index (χ1n) is 9.25. The molecule has 7 heteroatoms. The van der Waals surface area contributed by atoms with Gasteiger partial charge in [-0.05, 0) is 59.0 Å². The molecule has 0 saturated carbocycles. The predicted octanol–water partition coefficient (Wildman–Crippen LogP) is 3.87. The van der Waals surface area contributed by atoms with Crippen LogP contribution in [0, 0.1) is 13.8 Å². The van der Waals surface area contributed by atoms with Gasteiger partial charge in [-0.2, -0.15) is 0 Å². The van der Waals surface area contributed by atoms with Crippen molar-refractivity contribution in [2.75, 3.05) is 30.4 Å². The third-order valence-corrected chi connectivity index (χ3v) is 6.33. The Labute approximate surface area is 163 Å². The lowest BCUT2D eigenvalue weighted by Gasteiger charge is -2.32. The van der Waals surface area contributed by atoms with E-state index in [2.05, 4.69) is 22.6 Å². The van der Waals surface area contributed by atoms with Crippen molar-refractivity contribution in [3.8, 4) is 0 Å². The van der Waals surface area contributed by atoms with Crippen LogP contribution in [-0.4, -0.2) is 43.0 Å². The molecular formula is C20H24N4O2S. The Morgan fingerprint density at radius 1 is 1.19 bits per heavy atom. The number of nitrogens with one attached hydrogen (secondary N) is 2. The lowest BCUT2D eigenvalue weighted by Crippen LogP contribution is -2.47. The molecule has 0 radical (unpaired) electrons. The highest BCUT2D eigenvalue weighted by molar-refractivity contribution is 7.13. The molecule has 0 bridgehead atoms. The number of hydrogen-bond donors (Lipinski definition) is 2. The summed E-state index contributed by atoms with van der Waals surface area (Å²) in [5, 5.41) is 6.16. The van der Waals surface area contributed by atoms with Crippen LogP contribution in [0.2, 0.25) is 0 Å². The van der Waals surface area contributed by atoms with Gasteiger partial charge in [0.15, 0.2) is 0 Å². The molecule has 2 aliphatic rings. The topological polar surface area (TPSA) is 64.7 Å². The molecule has 1 saturated heterocycles. The Bertz CT molecular complexity index is 899. The third-order valence-electron chi connectivity index (χ3n) is 5.32. The largest absolute Gasteiger partial charge is 0.335 e. The van der Waals surface area contributed by atoms with E-state index < -0.39 is 0 Å². The maximum atomic E-state index is 13.4. The number of benzene rings is 1. The molecule has 0 aliphatic carbocycles. The van der Waals surface area contributed by atoms with Crippen LogP contribution in [0.25, 0.3) is 0 Å². The van der Waals surface area contributed by atoms with Crippen LogP contribution in [0.4, 0.5) is 21.9 Å². The van der Waals surface area contributed by atoms with Crippen LogP contribution >= 0.6 is 11.3 Å². The van der Waals surface area contributed by atoms with Crippen molar-refractivity contribution in [1.82, 2.24) is 10.2 Å². The Balaban J connectivity index is 1.75. The number of aryl methyl sites for hydroxylation is 2. The Kier molecular flexibility index (Phi) is 4.65. The minimum atomic E-state index is -0.171. The number of para-hydroxylation sites is 2. The zero-order chi connectivity index (χ0) is 19.1. The average Bonchev–Trinajstić information content (AvgIpc) is 2.84. The third kappa shape index (κ3) is 3.21. The van der Waals surface area contributed by atoms with Crippen LogP contribution in [-0.2, 0) is 0 Å². The van der Waals surface area contributed by atoms with Crippen LogP contribution < -0.4 is 15.5 Å². The van der Waals surface area contributed by atoms with Crippen molar-refractivity contribution in [3.05, 3.63) is 39.6 Å². The summed E-state index contributed by atoms with van der Waals surface area (Å²) in [5.41, 5.74) is 2.65. The first-order valence-corrected chi connectivity index (χ1v) is 10.1. The summed E-state index contributed by atoms with van der Waals surface area (Å²) < 4.78 is 0. The maximum Gasteiger partial charge on any atom is 0.326 e. The molecule has 3 amide bonds. The van der Waals surface area contributed by atoms with Gasteiger partial charge >= 0.3 is 6.03 Å². The number of hydrogen-bond acceptors (Lipinski definition) is 4. The lowest BCUT2D eigenvalue weighted by atomic mass is 10.1. The minimum absolute atomic E-state index is 0.149. The summed E-state index contributed by atoms with van der Waals surface area (Å²) >= 11 is 1.55. The van der Waals surface area contributed by atoms with Crippen molar-refractivity contribution in [3.63, 3.8) is 0 Å². The van der Waals surface area contributed by atoms with E-state index in [-0.39, 0.29) is 18.0 Å². The maximum absolute atomic E-state index is 13.4. The normalized spacial score (nSPS) is 17.7. The molecule has 3 heterocycles. The highest BCUT2D eigenvalue weighted by Gasteiger charge is 2.34. The number of carbonyl (C=O) groups excluding carboxylic acids is 2. The first-order chi connectivity index (χ1) is 13.0.